The standard InChI is InChI=1S/C32H23F3N4O4/c1-43-31(42)28(26-8-4-5-17-36-26)39-29(40)21-11-15-25-20(18-21)12-16-27(37-25)38-30(41)24-7-3-2-6-23(24)19-9-13-22(14-10-19)32(33,34)35/h2-18,28H,1H3,(H,39,40)(H,37,38,41)/t28-/m0/s1. The summed E-state index contributed by atoms with van der Waals surface area (Å²) in [5, 5.41) is 5.97. The maximum absolute atomic E-state index is 13.2. The molecule has 2 heterocycles. The van der Waals surface area contributed by atoms with Crippen molar-refractivity contribution in [3.8, 4) is 11.1 Å². The van der Waals surface area contributed by atoms with Crippen LogP contribution in [0.5, 0.6) is 0 Å². The van der Waals surface area contributed by atoms with Gasteiger partial charge < -0.3 is 15.4 Å². The van der Waals surface area contributed by atoms with Crippen LogP contribution in [0.3, 0.4) is 0 Å². The zero-order chi connectivity index (χ0) is 30.6. The molecule has 0 unspecified atom stereocenters. The number of pyridine rings is 2. The van der Waals surface area contributed by atoms with E-state index in [1.54, 1.807) is 66.7 Å². The van der Waals surface area contributed by atoms with E-state index >= 15 is 0 Å². The Morgan fingerprint density at radius 1 is 0.837 bits per heavy atom. The number of amides is 2. The molecule has 43 heavy (non-hydrogen) atoms. The fourth-order valence-electron chi connectivity index (χ4n) is 4.42. The van der Waals surface area contributed by atoms with E-state index in [-0.39, 0.29) is 16.9 Å². The highest BCUT2D eigenvalue weighted by Crippen LogP contribution is 2.32. The molecule has 0 aliphatic carbocycles. The molecule has 1 atom stereocenters. The minimum absolute atomic E-state index is 0.234. The summed E-state index contributed by atoms with van der Waals surface area (Å²) < 4.78 is 43.8. The van der Waals surface area contributed by atoms with Gasteiger partial charge in [-0.15, -0.1) is 0 Å². The number of esters is 1. The highest BCUT2D eigenvalue weighted by Gasteiger charge is 2.30. The number of anilines is 1. The lowest BCUT2D eigenvalue weighted by molar-refractivity contribution is -0.143. The molecular formula is C32H23F3N4O4. The number of carbonyl (C=O) groups is 3. The Bertz CT molecular complexity index is 1810. The molecule has 2 N–H and O–H groups in total. The van der Waals surface area contributed by atoms with E-state index in [1.165, 1.54) is 31.5 Å². The Morgan fingerprint density at radius 3 is 2.28 bits per heavy atom. The number of alkyl halides is 3. The first-order valence-corrected chi connectivity index (χ1v) is 12.9. The van der Waals surface area contributed by atoms with E-state index in [0.29, 0.717) is 27.7 Å². The number of hydrogen-bond donors (Lipinski definition) is 2. The number of ether oxygens (including phenoxy) is 1. The number of rotatable bonds is 7. The molecule has 0 aliphatic heterocycles. The molecule has 11 heteroatoms. The summed E-state index contributed by atoms with van der Waals surface area (Å²) in [7, 11) is 1.22. The largest absolute Gasteiger partial charge is 0.467 e. The molecule has 5 aromatic rings. The predicted molar refractivity (Wildman–Crippen MR) is 153 cm³/mol. The zero-order valence-corrected chi connectivity index (χ0v) is 22.6. The van der Waals surface area contributed by atoms with Gasteiger partial charge in [0.1, 0.15) is 5.82 Å². The maximum atomic E-state index is 13.2. The number of halogens is 3. The number of nitrogens with zero attached hydrogens (tertiary/aromatic N) is 2. The highest BCUT2D eigenvalue weighted by molar-refractivity contribution is 6.08. The van der Waals surface area contributed by atoms with Gasteiger partial charge >= 0.3 is 12.1 Å². The summed E-state index contributed by atoms with van der Waals surface area (Å²) >= 11 is 0. The van der Waals surface area contributed by atoms with Crippen molar-refractivity contribution in [3.05, 3.63) is 126 Å². The van der Waals surface area contributed by atoms with Crippen molar-refractivity contribution in [2.75, 3.05) is 12.4 Å². The van der Waals surface area contributed by atoms with Crippen LogP contribution < -0.4 is 10.6 Å². The van der Waals surface area contributed by atoms with Crippen molar-refractivity contribution in [2.45, 2.75) is 12.2 Å². The van der Waals surface area contributed by atoms with Gasteiger partial charge in [0.15, 0.2) is 6.04 Å². The fraction of sp³-hybridized carbons (Fsp3) is 0.0938. The third kappa shape index (κ3) is 6.51. The average molecular weight is 585 g/mol. The molecule has 8 nitrogen and oxygen atoms in total. The highest BCUT2D eigenvalue weighted by atomic mass is 19.4. The van der Waals surface area contributed by atoms with Crippen LogP contribution in [0.15, 0.2) is 103 Å². The van der Waals surface area contributed by atoms with Crippen LogP contribution >= 0.6 is 0 Å². The van der Waals surface area contributed by atoms with Gasteiger partial charge in [0.2, 0.25) is 0 Å². The van der Waals surface area contributed by atoms with Crippen molar-refractivity contribution in [2.24, 2.45) is 0 Å². The van der Waals surface area contributed by atoms with Gasteiger partial charge in [0.05, 0.1) is 23.9 Å². The molecule has 2 aromatic heterocycles. The van der Waals surface area contributed by atoms with Crippen LogP contribution in [0, 0.1) is 0 Å². The van der Waals surface area contributed by atoms with Gasteiger partial charge in [-0.05, 0) is 71.8 Å². The third-order valence-corrected chi connectivity index (χ3v) is 6.58. The van der Waals surface area contributed by atoms with Gasteiger partial charge in [-0.3, -0.25) is 14.6 Å². The minimum atomic E-state index is -4.47. The van der Waals surface area contributed by atoms with Gasteiger partial charge in [-0.1, -0.05) is 36.4 Å². The fourth-order valence-corrected chi connectivity index (χ4v) is 4.42. The molecule has 0 bridgehead atoms. The number of aromatic nitrogens is 2. The summed E-state index contributed by atoms with van der Waals surface area (Å²) in [4.78, 5) is 47.1. The van der Waals surface area contributed by atoms with Gasteiger partial charge in [0.25, 0.3) is 11.8 Å². The number of benzene rings is 3. The molecule has 3 aromatic carbocycles. The molecule has 0 aliphatic rings. The number of nitrogens with one attached hydrogen (secondary N) is 2. The molecule has 0 saturated heterocycles. The van der Waals surface area contributed by atoms with Crippen molar-refractivity contribution in [3.63, 3.8) is 0 Å². The van der Waals surface area contributed by atoms with Gasteiger partial charge in [0, 0.05) is 22.7 Å². The Hall–Kier alpha value is -5.58. The van der Waals surface area contributed by atoms with Crippen molar-refractivity contribution in [1.82, 2.24) is 15.3 Å². The molecule has 0 spiro atoms. The Balaban J connectivity index is 1.34. The summed E-state index contributed by atoms with van der Waals surface area (Å²) in [5.41, 5.74) is 1.46. The van der Waals surface area contributed by atoms with E-state index in [0.717, 1.165) is 12.1 Å². The van der Waals surface area contributed by atoms with E-state index in [9.17, 15) is 27.6 Å². The summed E-state index contributed by atoms with van der Waals surface area (Å²) in [6, 6.07) is 23.0. The molecular weight excluding hydrogens is 561 g/mol. The number of carbonyl (C=O) groups excluding carboxylic acids is 3. The monoisotopic (exact) mass is 584 g/mol. The van der Waals surface area contributed by atoms with Gasteiger partial charge in [-0.25, -0.2) is 9.78 Å². The predicted octanol–water partition coefficient (Wildman–Crippen LogP) is 6.21. The normalized spacial score (nSPS) is 11.9. The second-order valence-corrected chi connectivity index (χ2v) is 9.36. The van der Waals surface area contributed by atoms with Crippen molar-refractivity contribution >= 4 is 34.5 Å². The lowest BCUT2D eigenvalue weighted by Gasteiger charge is -2.16. The Morgan fingerprint density at radius 2 is 1.58 bits per heavy atom. The van der Waals surface area contributed by atoms with E-state index in [2.05, 4.69) is 20.6 Å². The van der Waals surface area contributed by atoms with Crippen LogP contribution in [-0.2, 0) is 15.7 Å². The second-order valence-electron chi connectivity index (χ2n) is 9.36. The topological polar surface area (TPSA) is 110 Å². The first-order valence-electron chi connectivity index (χ1n) is 12.9. The van der Waals surface area contributed by atoms with Crippen molar-refractivity contribution < 1.29 is 32.3 Å². The number of hydrogen-bond acceptors (Lipinski definition) is 6. The second kappa shape index (κ2) is 12.1. The van der Waals surface area contributed by atoms with Crippen LogP contribution in [0.1, 0.15) is 38.0 Å². The van der Waals surface area contributed by atoms with Crippen LogP contribution in [-0.4, -0.2) is 34.9 Å². The minimum Gasteiger partial charge on any atom is -0.467 e. The lowest BCUT2D eigenvalue weighted by Crippen LogP contribution is -2.35. The maximum Gasteiger partial charge on any atom is 0.416 e. The molecule has 2 amide bonds. The number of methoxy groups -OCH3 is 1. The molecule has 0 saturated carbocycles. The Labute approximate surface area is 243 Å². The molecule has 0 radical (unpaired) electrons. The quantitative estimate of drug-likeness (QED) is 0.220. The Kier molecular flexibility index (Phi) is 8.15. The molecule has 0 fully saturated rings. The van der Waals surface area contributed by atoms with Crippen LogP contribution in [0.2, 0.25) is 0 Å². The third-order valence-electron chi connectivity index (χ3n) is 6.58. The first kappa shape index (κ1) is 28.9. The van der Waals surface area contributed by atoms with Crippen LogP contribution in [0.4, 0.5) is 19.0 Å². The van der Waals surface area contributed by atoms with E-state index < -0.39 is 35.6 Å². The first-order chi connectivity index (χ1) is 20.6. The lowest BCUT2D eigenvalue weighted by atomic mass is 9.98. The molecule has 216 valence electrons. The number of fused-ring (bicyclic) bond motifs is 1. The summed E-state index contributed by atoms with van der Waals surface area (Å²) in [5.74, 6) is -1.46. The van der Waals surface area contributed by atoms with Crippen LogP contribution in [0.25, 0.3) is 22.0 Å². The van der Waals surface area contributed by atoms with Crippen molar-refractivity contribution in [1.29, 1.82) is 0 Å². The SMILES string of the molecule is COC(=O)[C@@H](NC(=O)c1ccc2nc(NC(=O)c3ccccc3-c3ccc(C(F)(F)F)cc3)ccc2c1)c1ccccn1. The zero-order valence-electron chi connectivity index (χ0n) is 22.6. The summed E-state index contributed by atoms with van der Waals surface area (Å²) in [6.45, 7) is 0. The summed E-state index contributed by atoms with van der Waals surface area (Å²) in [6.07, 6.45) is -2.96. The average Bonchev–Trinajstić information content (AvgIpc) is 3.03. The van der Waals surface area contributed by atoms with E-state index in [4.69, 9.17) is 4.74 Å². The smallest absolute Gasteiger partial charge is 0.416 e. The van der Waals surface area contributed by atoms with Gasteiger partial charge in [-0.2, -0.15) is 13.2 Å². The van der Waals surface area contributed by atoms with E-state index in [1.807, 2.05) is 0 Å². The molecule has 5 rings (SSSR count).